The van der Waals surface area contributed by atoms with Crippen molar-refractivity contribution in [2.75, 3.05) is 0 Å². The van der Waals surface area contributed by atoms with Crippen molar-refractivity contribution in [3.05, 3.63) is 21.4 Å². The lowest BCUT2D eigenvalue weighted by atomic mass is 10.3. The maximum Gasteiger partial charge on any atom is 0.281 e. The molecule has 15 heavy (non-hydrogen) atoms. The summed E-state index contributed by atoms with van der Waals surface area (Å²) in [5.74, 6) is 0. The molecule has 0 aliphatic heterocycles. The number of sulfonamides is 1. The third-order valence-corrected chi connectivity index (χ3v) is 3.53. The van der Waals surface area contributed by atoms with E-state index in [1.165, 1.54) is 0 Å². The highest BCUT2D eigenvalue weighted by Crippen LogP contribution is 2.30. The van der Waals surface area contributed by atoms with Gasteiger partial charge in [-0.3, -0.25) is 0 Å². The average molecular weight is 322 g/mol. The zero-order valence-electron chi connectivity index (χ0n) is 6.92. The summed E-state index contributed by atoms with van der Waals surface area (Å²) in [6, 6.07) is 0.829. The van der Waals surface area contributed by atoms with E-state index in [0.29, 0.717) is 0 Å². The summed E-state index contributed by atoms with van der Waals surface area (Å²) in [6.07, 6.45) is -2.89. The van der Waals surface area contributed by atoms with Gasteiger partial charge in [-0.2, -0.15) is 0 Å². The molecule has 0 aliphatic rings. The van der Waals surface area contributed by atoms with Crippen molar-refractivity contribution in [3.63, 3.8) is 0 Å². The SMILES string of the molecule is NS(=O)(=O)c1cc(Cl)c(C(F)F)nc1Br. The summed E-state index contributed by atoms with van der Waals surface area (Å²) in [5.41, 5.74) is -0.698. The Kier molecular flexibility index (Phi) is 3.64. The first-order valence-corrected chi connectivity index (χ1v) is 6.12. The van der Waals surface area contributed by atoms with Crippen LogP contribution < -0.4 is 5.14 Å². The summed E-state index contributed by atoms with van der Waals surface area (Å²) in [5, 5.41) is 4.36. The molecular weight excluding hydrogens is 317 g/mol. The Labute approximate surface area is 97.6 Å². The minimum Gasteiger partial charge on any atom is -0.237 e. The van der Waals surface area contributed by atoms with Crippen LogP contribution >= 0.6 is 27.5 Å². The highest BCUT2D eigenvalue weighted by Gasteiger charge is 2.21. The van der Waals surface area contributed by atoms with Gasteiger partial charge >= 0.3 is 0 Å². The van der Waals surface area contributed by atoms with E-state index in [9.17, 15) is 17.2 Å². The van der Waals surface area contributed by atoms with Crippen molar-refractivity contribution in [3.8, 4) is 0 Å². The molecule has 1 aromatic heterocycles. The quantitative estimate of drug-likeness (QED) is 0.848. The van der Waals surface area contributed by atoms with E-state index in [1.807, 2.05) is 0 Å². The Balaban J connectivity index is 3.46. The van der Waals surface area contributed by atoms with Gasteiger partial charge in [0.1, 0.15) is 15.2 Å². The number of nitrogens with zero attached hydrogens (tertiary/aromatic N) is 1. The lowest BCUT2D eigenvalue weighted by Gasteiger charge is -2.06. The van der Waals surface area contributed by atoms with Crippen LogP contribution in [-0.2, 0) is 10.0 Å². The first-order chi connectivity index (χ1) is 6.73. The Morgan fingerprint density at radius 2 is 2.07 bits per heavy atom. The fraction of sp³-hybridized carbons (Fsp3) is 0.167. The molecule has 0 unspecified atom stereocenters. The van der Waals surface area contributed by atoms with E-state index in [-0.39, 0.29) is 4.60 Å². The van der Waals surface area contributed by atoms with Crippen molar-refractivity contribution in [1.29, 1.82) is 0 Å². The Morgan fingerprint density at radius 3 is 2.47 bits per heavy atom. The Hall–Kier alpha value is -0.310. The highest BCUT2D eigenvalue weighted by atomic mass is 79.9. The van der Waals surface area contributed by atoms with Gasteiger partial charge in [-0.25, -0.2) is 27.3 Å². The van der Waals surface area contributed by atoms with Crippen LogP contribution in [0.2, 0.25) is 5.02 Å². The number of primary sulfonamides is 1. The van der Waals surface area contributed by atoms with Crippen LogP contribution in [0.4, 0.5) is 8.78 Å². The van der Waals surface area contributed by atoms with Crippen LogP contribution in [0, 0.1) is 0 Å². The predicted octanol–water partition coefficient (Wildman–Crippen LogP) is 2.08. The second-order valence-electron chi connectivity index (χ2n) is 2.49. The molecule has 1 rings (SSSR count). The smallest absolute Gasteiger partial charge is 0.237 e. The largest absolute Gasteiger partial charge is 0.281 e. The standard InChI is InChI=1S/C6H4BrClF2N2O2S/c7-5-3(15(11,13)14)1-2(8)4(12-5)6(9)10/h1,6H,(H2,11,13,14). The molecule has 0 aromatic carbocycles. The van der Waals surface area contributed by atoms with E-state index in [4.69, 9.17) is 16.7 Å². The van der Waals surface area contributed by atoms with Gasteiger partial charge in [0, 0.05) is 0 Å². The minimum absolute atomic E-state index is 0.287. The molecule has 0 amide bonds. The van der Waals surface area contributed by atoms with Crippen molar-refractivity contribution in [2.45, 2.75) is 11.3 Å². The molecule has 0 spiro atoms. The Bertz CT molecular complexity index is 494. The predicted molar refractivity (Wildman–Crippen MR) is 53.3 cm³/mol. The monoisotopic (exact) mass is 320 g/mol. The van der Waals surface area contributed by atoms with Crippen LogP contribution in [0.3, 0.4) is 0 Å². The number of halogens is 4. The summed E-state index contributed by atoms with van der Waals surface area (Å²) < 4.78 is 46.2. The molecule has 9 heteroatoms. The normalized spacial score (nSPS) is 12.1. The average Bonchev–Trinajstić information content (AvgIpc) is 2.06. The Morgan fingerprint density at radius 1 is 1.53 bits per heavy atom. The summed E-state index contributed by atoms with van der Waals surface area (Å²) in [4.78, 5) is 2.88. The lowest BCUT2D eigenvalue weighted by molar-refractivity contribution is 0.146. The van der Waals surface area contributed by atoms with Crippen molar-refractivity contribution in [1.82, 2.24) is 4.98 Å². The topological polar surface area (TPSA) is 73.1 Å². The van der Waals surface area contributed by atoms with E-state index in [1.54, 1.807) is 0 Å². The molecule has 0 atom stereocenters. The molecule has 0 fully saturated rings. The molecule has 0 saturated carbocycles. The summed E-state index contributed by atoms with van der Waals surface area (Å²) in [6.45, 7) is 0. The maximum absolute atomic E-state index is 12.3. The first-order valence-electron chi connectivity index (χ1n) is 3.40. The van der Waals surface area contributed by atoms with Gasteiger partial charge in [-0.15, -0.1) is 0 Å². The van der Waals surface area contributed by atoms with Crippen LogP contribution in [0.5, 0.6) is 0 Å². The molecule has 0 bridgehead atoms. The second kappa shape index (κ2) is 4.28. The molecule has 1 heterocycles. The maximum atomic E-state index is 12.3. The van der Waals surface area contributed by atoms with Crippen LogP contribution in [-0.4, -0.2) is 13.4 Å². The minimum atomic E-state index is -4.04. The number of alkyl halides is 2. The number of rotatable bonds is 2. The van der Waals surface area contributed by atoms with E-state index in [2.05, 4.69) is 20.9 Å². The molecule has 0 saturated heterocycles. The van der Waals surface area contributed by atoms with Crippen LogP contribution in [0.1, 0.15) is 12.1 Å². The van der Waals surface area contributed by atoms with Gasteiger partial charge < -0.3 is 0 Å². The molecule has 84 valence electrons. The molecule has 0 aliphatic carbocycles. The third kappa shape index (κ3) is 2.83. The number of aromatic nitrogens is 1. The fourth-order valence-electron chi connectivity index (χ4n) is 0.815. The van der Waals surface area contributed by atoms with Gasteiger partial charge in [-0.1, -0.05) is 11.6 Å². The van der Waals surface area contributed by atoms with E-state index in [0.717, 1.165) is 6.07 Å². The second-order valence-corrected chi connectivity index (χ2v) is 5.18. The van der Waals surface area contributed by atoms with Crippen molar-refractivity contribution in [2.24, 2.45) is 5.14 Å². The van der Waals surface area contributed by atoms with Gasteiger partial charge in [0.05, 0.1) is 5.02 Å². The van der Waals surface area contributed by atoms with Gasteiger partial charge in [0.25, 0.3) is 6.43 Å². The van der Waals surface area contributed by atoms with Crippen LogP contribution in [0.25, 0.3) is 0 Å². The zero-order chi connectivity index (χ0) is 11.8. The van der Waals surface area contributed by atoms with Crippen LogP contribution in [0.15, 0.2) is 15.6 Å². The van der Waals surface area contributed by atoms with Gasteiger partial charge in [0.15, 0.2) is 0 Å². The lowest BCUT2D eigenvalue weighted by Crippen LogP contribution is -2.14. The van der Waals surface area contributed by atoms with Crippen molar-refractivity contribution >= 4 is 37.6 Å². The molecule has 2 N–H and O–H groups in total. The van der Waals surface area contributed by atoms with Gasteiger partial charge in [0.2, 0.25) is 10.0 Å². The highest BCUT2D eigenvalue weighted by molar-refractivity contribution is 9.10. The number of hydrogen-bond donors (Lipinski definition) is 1. The zero-order valence-corrected chi connectivity index (χ0v) is 10.1. The summed E-state index contributed by atoms with van der Waals surface area (Å²) in [7, 11) is -4.04. The van der Waals surface area contributed by atoms with Gasteiger partial charge in [-0.05, 0) is 22.0 Å². The third-order valence-electron chi connectivity index (χ3n) is 1.44. The number of hydrogen-bond acceptors (Lipinski definition) is 3. The van der Waals surface area contributed by atoms with Crippen molar-refractivity contribution < 1.29 is 17.2 Å². The molecule has 4 nitrogen and oxygen atoms in total. The molecular formula is C6H4BrClF2N2O2S. The first kappa shape index (κ1) is 12.8. The fourth-order valence-corrected chi connectivity index (χ4v) is 2.66. The van der Waals surface area contributed by atoms with E-state index >= 15 is 0 Å². The number of nitrogens with two attached hydrogens (primary N) is 1. The molecule has 0 radical (unpaired) electrons. The van der Waals surface area contributed by atoms with E-state index < -0.39 is 32.1 Å². The number of pyridine rings is 1. The summed E-state index contributed by atoms with van der Waals surface area (Å²) >= 11 is 8.14. The molecule has 1 aromatic rings.